The first-order valence-electron chi connectivity index (χ1n) is 10.8. The van der Waals surface area contributed by atoms with Crippen LogP contribution in [0.3, 0.4) is 0 Å². The summed E-state index contributed by atoms with van der Waals surface area (Å²) in [6.07, 6.45) is 0. The lowest BCUT2D eigenvalue weighted by atomic mass is 9.80. The van der Waals surface area contributed by atoms with Crippen molar-refractivity contribution in [2.24, 2.45) is 0 Å². The molecule has 0 bridgehead atoms. The van der Waals surface area contributed by atoms with Gasteiger partial charge in [0.2, 0.25) is 0 Å². The number of hydrogen-bond acceptors (Lipinski definition) is 4. The normalized spacial score (nSPS) is 11.6. The zero-order chi connectivity index (χ0) is 24.1. The van der Waals surface area contributed by atoms with Crippen LogP contribution in [0, 0.1) is 13.8 Å². The van der Waals surface area contributed by atoms with E-state index in [0.29, 0.717) is 11.5 Å². The van der Waals surface area contributed by atoms with Crippen molar-refractivity contribution in [2.45, 2.75) is 66.2 Å². The number of nitrogens with one attached hydrogen (secondary N) is 2. The largest absolute Gasteiger partial charge is 0.484 e. The quantitative estimate of drug-likeness (QED) is 0.648. The van der Waals surface area contributed by atoms with Crippen molar-refractivity contribution < 1.29 is 19.1 Å². The summed E-state index contributed by atoms with van der Waals surface area (Å²) in [4.78, 5) is 24.2. The Balaban J connectivity index is 1.89. The standard InChI is InChI=1S/C26H36N2O4/c1-17-11-18(2)13-20(12-17)31-15-23(29)27-28-24(30)16-32-22-10-9-19(25(3,4)5)14-21(22)26(6,7)8/h9-14H,15-16H2,1-8H3,(H,27,29)(H,28,30). The lowest BCUT2D eigenvalue weighted by Gasteiger charge is -2.27. The third-order valence-corrected chi connectivity index (χ3v) is 4.92. The van der Waals surface area contributed by atoms with Gasteiger partial charge in [0.1, 0.15) is 11.5 Å². The van der Waals surface area contributed by atoms with E-state index in [-0.39, 0.29) is 24.0 Å². The molecule has 0 atom stereocenters. The highest BCUT2D eigenvalue weighted by atomic mass is 16.5. The van der Waals surface area contributed by atoms with Crippen molar-refractivity contribution in [1.29, 1.82) is 0 Å². The smallest absolute Gasteiger partial charge is 0.276 e. The van der Waals surface area contributed by atoms with Gasteiger partial charge in [-0.2, -0.15) is 0 Å². The predicted molar refractivity (Wildman–Crippen MR) is 127 cm³/mol. The zero-order valence-corrected chi connectivity index (χ0v) is 20.5. The lowest BCUT2D eigenvalue weighted by Crippen LogP contribution is -2.45. The number of carbonyl (C=O) groups excluding carboxylic acids is 2. The molecule has 32 heavy (non-hydrogen) atoms. The average Bonchev–Trinajstić information content (AvgIpc) is 2.66. The van der Waals surface area contributed by atoms with Gasteiger partial charge in [0, 0.05) is 0 Å². The molecule has 2 N–H and O–H groups in total. The van der Waals surface area contributed by atoms with Gasteiger partial charge in [-0.3, -0.25) is 20.4 Å². The lowest BCUT2D eigenvalue weighted by molar-refractivity contribution is -0.131. The predicted octanol–water partition coefficient (Wildman–Crippen LogP) is 4.50. The van der Waals surface area contributed by atoms with Crippen molar-refractivity contribution in [3.05, 3.63) is 58.7 Å². The molecule has 6 nitrogen and oxygen atoms in total. The highest BCUT2D eigenvalue weighted by Crippen LogP contribution is 2.35. The summed E-state index contributed by atoms with van der Waals surface area (Å²) >= 11 is 0. The molecule has 0 saturated carbocycles. The van der Waals surface area contributed by atoms with Crippen LogP contribution in [0.1, 0.15) is 63.8 Å². The fourth-order valence-electron chi connectivity index (χ4n) is 3.23. The van der Waals surface area contributed by atoms with Crippen LogP contribution in [0.15, 0.2) is 36.4 Å². The zero-order valence-electron chi connectivity index (χ0n) is 20.5. The van der Waals surface area contributed by atoms with Crippen LogP contribution < -0.4 is 20.3 Å². The first-order chi connectivity index (χ1) is 14.8. The van der Waals surface area contributed by atoms with E-state index in [4.69, 9.17) is 9.47 Å². The Morgan fingerprint density at radius 2 is 1.28 bits per heavy atom. The van der Waals surface area contributed by atoms with Crippen molar-refractivity contribution in [1.82, 2.24) is 10.9 Å². The maximum Gasteiger partial charge on any atom is 0.276 e. The van der Waals surface area contributed by atoms with Crippen molar-refractivity contribution in [3.63, 3.8) is 0 Å². The van der Waals surface area contributed by atoms with Crippen LogP contribution in [-0.4, -0.2) is 25.0 Å². The van der Waals surface area contributed by atoms with Crippen LogP contribution in [-0.2, 0) is 20.4 Å². The molecule has 0 radical (unpaired) electrons. The van der Waals surface area contributed by atoms with Gasteiger partial charge in [-0.1, -0.05) is 59.7 Å². The second-order valence-corrected chi connectivity index (χ2v) is 10.2. The van der Waals surface area contributed by atoms with Gasteiger partial charge in [0.25, 0.3) is 11.8 Å². The summed E-state index contributed by atoms with van der Waals surface area (Å²) in [5.41, 5.74) is 8.92. The van der Waals surface area contributed by atoms with E-state index in [1.165, 1.54) is 5.56 Å². The monoisotopic (exact) mass is 440 g/mol. The number of benzene rings is 2. The maximum atomic E-state index is 12.2. The van der Waals surface area contributed by atoms with Crippen molar-refractivity contribution in [2.75, 3.05) is 13.2 Å². The van der Waals surface area contributed by atoms with Gasteiger partial charge in [-0.25, -0.2) is 0 Å². The number of hydrazine groups is 1. The summed E-state index contributed by atoms with van der Waals surface area (Å²) in [6.45, 7) is 16.3. The summed E-state index contributed by atoms with van der Waals surface area (Å²) in [7, 11) is 0. The molecule has 0 aliphatic rings. The van der Waals surface area contributed by atoms with Crippen LogP contribution in [0.25, 0.3) is 0 Å². The molecular formula is C26H36N2O4. The minimum absolute atomic E-state index is 0.0133. The van der Waals surface area contributed by atoms with E-state index in [1.54, 1.807) is 0 Å². The number of carbonyl (C=O) groups is 2. The summed E-state index contributed by atoms with van der Waals surface area (Å²) in [5, 5.41) is 0. The topological polar surface area (TPSA) is 76.7 Å². The van der Waals surface area contributed by atoms with Crippen LogP contribution in [0.2, 0.25) is 0 Å². The SMILES string of the molecule is Cc1cc(C)cc(OCC(=O)NNC(=O)COc2ccc(C(C)(C)C)cc2C(C)(C)C)c1. The molecule has 0 heterocycles. The van der Waals surface area contributed by atoms with Crippen molar-refractivity contribution >= 4 is 11.8 Å². The Bertz CT molecular complexity index is 949. The third-order valence-electron chi connectivity index (χ3n) is 4.92. The molecule has 6 heteroatoms. The molecular weight excluding hydrogens is 404 g/mol. The molecule has 0 saturated heterocycles. The van der Waals surface area contributed by atoms with Gasteiger partial charge in [-0.05, 0) is 65.1 Å². The Hall–Kier alpha value is -3.02. The summed E-state index contributed by atoms with van der Waals surface area (Å²) in [5.74, 6) is 0.359. The molecule has 0 unspecified atom stereocenters. The number of rotatable bonds is 6. The van der Waals surface area contributed by atoms with Crippen LogP contribution in [0.4, 0.5) is 0 Å². The molecule has 174 valence electrons. The maximum absolute atomic E-state index is 12.2. The number of amides is 2. The van der Waals surface area contributed by atoms with Crippen LogP contribution >= 0.6 is 0 Å². The minimum atomic E-state index is -0.456. The molecule has 0 aliphatic carbocycles. The van der Waals surface area contributed by atoms with E-state index in [9.17, 15) is 9.59 Å². The second-order valence-electron chi connectivity index (χ2n) is 10.2. The third kappa shape index (κ3) is 7.59. The molecule has 2 aromatic carbocycles. The minimum Gasteiger partial charge on any atom is -0.484 e. The fraction of sp³-hybridized carbons (Fsp3) is 0.462. The molecule has 0 fully saturated rings. The highest BCUT2D eigenvalue weighted by Gasteiger charge is 2.23. The second kappa shape index (κ2) is 10.1. The number of aryl methyl sites for hydroxylation is 2. The Morgan fingerprint density at radius 1 is 0.750 bits per heavy atom. The van der Waals surface area contributed by atoms with Crippen LogP contribution in [0.5, 0.6) is 11.5 Å². The van der Waals surface area contributed by atoms with Gasteiger partial charge >= 0.3 is 0 Å². The Labute approximate surface area is 191 Å². The van der Waals surface area contributed by atoms with Gasteiger partial charge in [-0.15, -0.1) is 0 Å². The van der Waals surface area contributed by atoms with Crippen molar-refractivity contribution in [3.8, 4) is 11.5 Å². The van der Waals surface area contributed by atoms with Gasteiger partial charge in [0.05, 0.1) is 0 Å². The van der Waals surface area contributed by atoms with E-state index in [2.05, 4.69) is 58.5 Å². The molecule has 0 spiro atoms. The molecule has 2 amide bonds. The van der Waals surface area contributed by atoms with E-state index < -0.39 is 11.8 Å². The Kier molecular flexibility index (Phi) is 7.94. The average molecular weight is 441 g/mol. The van der Waals surface area contributed by atoms with E-state index >= 15 is 0 Å². The first-order valence-corrected chi connectivity index (χ1v) is 10.8. The summed E-state index contributed by atoms with van der Waals surface area (Å²) < 4.78 is 11.3. The van der Waals surface area contributed by atoms with E-state index in [0.717, 1.165) is 16.7 Å². The molecule has 0 aromatic heterocycles. The molecule has 2 aromatic rings. The molecule has 0 aliphatic heterocycles. The highest BCUT2D eigenvalue weighted by molar-refractivity contribution is 5.83. The Morgan fingerprint density at radius 3 is 1.78 bits per heavy atom. The van der Waals surface area contributed by atoms with Gasteiger partial charge < -0.3 is 9.47 Å². The number of hydrogen-bond donors (Lipinski definition) is 2. The fourth-order valence-corrected chi connectivity index (χ4v) is 3.23. The van der Waals surface area contributed by atoms with Gasteiger partial charge in [0.15, 0.2) is 13.2 Å². The molecule has 2 rings (SSSR count). The summed E-state index contributed by atoms with van der Waals surface area (Å²) in [6, 6.07) is 11.8. The number of ether oxygens (including phenoxy) is 2. The first kappa shape index (κ1) is 25.2. The van der Waals surface area contributed by atoms with E-state index in [1.807, 2.05) is 44.2 Å².